The van der Waals surface area contributed by atoms with E-state index >= 15 is 0 Å². The highest BCUT2D eigenvalue weighted by molar-refractivity contribution is 5.74. The number of aromatic nitrogens is 3. The van der Waals surface area contributed by atoms with Gasteiger partial charge in [0, 0.05) is 13.2 Å². The summed E-state index contributed by atoms with van der Waals surface area (Å²) in [4.78, 5) is 17.0. The van der Waals surface area contributed by atoms with E-state index in [-0.39, 0.29) is 24.7 Å². The van der Waals surface area contributed by atoms with Gasteiger partial charge in [-0.15, -0.1) is 0 Å². The molecule has 0 spiro atoms. The summed E-state index contributed by atoms with van der Waals surface area (Å²) in [6.45, 7) is 2.82. The van der Waals surface area contributed by atoms with E-state index in [9.17, 15) is 4.79 Å². The van der Waals surface area contributed by atoms with Crippen molar-refractivity contribution in [3.63, 3.8) is 0 Å². The van der Waals surface area contributed by atoms with E-state index in [2.05, 4.69) is 20.7 Å². The summed E-state index contributed by atoms with van der Waals surface area (Å²) in [5, 5.41) is 19.5. The van der Waals surface area contributed by atoms with Crippen molar-refractivity contribution in [2.45, 2.75) is 51.2 Å². The predicted octanol–water partition coefficient (Wildman–Crippen LogP) is 2.23. The van der Waals surface area contributed by atoms with Crippen LogP contribution in [0.5, 0.6) is 0 Å². The first-order valence-electron chi connectivity index (χ1n) is 8.81. The highest BCUT2D eigenvalue weighted by atomic mass is 16.3. The van der Waals surface area contributed by atoms with Crippen LogP contribution >= 0.6 is 0 Å². The molecule has 0 radical (unpaired) electrons. The number of aliphatic hydroxyl groups is 1. The van der Waals surface area contributed by atoms with Crippen molar-refractivity contribution in [3.8, 4) is 0 Å². The molecule has 1 aromatic carbocycles. The molecular weight excluding hydrogens is 318 g/mol. The van der Waals surface area contributed by atoms with Gasteiger partial charge < -0.3 is 15.7 Å². The average Bonchev–Trinajstić information content (AvgIpc) is 3.00. The van der Waals surface area contributed by atoms with Gasteiger partial charge in [0.15, 0.2) is 0 Å². The lowest BCUT2D eigenvalue weighted by Gasteiger charge is -2.25. The van der Waals surface area contributed by atoms with Crippen molar-refractivity contribution in [2.24, 2.45) is 0 Å². The van der Waals surface area contributed by atoms with Crippen LogP contribution in [0.25, 0.3) is 0 Å². The lowest BCUT2D eigenvalue weighted by molar-refractivity contribution is 0.225. The summed E-state index contributed by atoms with van der Waals surface area (Å²) in [7, 11) is 0. The Morgan fingerprint density at radius 1 is 1.40 bits per heavy atom. The minimum absolute atomic E-state index is 0.109. The van der Waals surface area contributed by atoms with E-state index in [1.807, 2.05) is 41.9 Å². The lowest BCUT2D eigenvalue weighted by atomic mass is 10.0. The Morgan fingerprint density at radius 2 is 2.20 bits per heavy atom. The van der Waals surface area contributed by atoms with Crippen LogP contribution < -0.4 is 10.6 Å². The molecule has 3 N–H and O–H groups in total. The fourth-order valence-electron chi connectivity index (χ4n) is 3.27. The summed E-state index contributed by atoms with van der Waals surface area (Å²) in [5.41, 5.74) is 1.04. The van der Waals surface area contributed by atoms with E-state index in [0.29, 0.717) is 12.8 Å². The van der Waals surface area contributed by atoms with Gasteiger partial charge in [0.2, 0.25) is 0 Å². The molecule has 7 nitrogen and oxygen atoms in total. The zero-order valence-electron chi connectivity index (χ0n) is 14.5. The summed E-state index contributed by atoms with van der Waals surface area (Å²) in [5.74, 6) is 1.56. The van der Waals surface area contributed by atoms with E-state index in [1.165, 1.54) is 0 Å². The summed E-state index contributed by atoms with van der Waals surface area (Å²) >= 11 is 0. The van der Waals surface area contributed by atoms with Gasteiger partial charge in [0.25, 0.3) is 0 Å². The van der Waals surface area contributed by atoms with Crippen molar-refractivity contribution in [3.05, 3.63) is 47.5 Å². The first-order chi connectivity index (χ1) is 12.2. The number of aryl methyl sites for hydroxylation is 2. The smallest absolute Gasteiger partial charge is 0.315 e. The highest BCUT2D eigenvalue weighted by Crippen LogP contribution is 2.23. The molecule has 134 valence electrons. The standard InChI is InChI=1S/C18H25N5O2/c1-13-19-17-16(9-5-11-23(17)22-13)21-18(25)20-15(10-6-12-24)14-7-3-2-4-8-14/h2-4,7-8,15-16,24H,5-6,9-12H2,1H3,(H2,20,21,25). The molecule has 2 atom stereocenters. The zero-order chi connectivity index (χ0) is 17.6. The Bertz CT molecular complexity index is 701. The van der Waals surface area contributed by atoms with Gasteiger partial charge in [-0.1, -0.05) is 30.3 Å². The molecule has 2 amide bonds. The second-order valence-corrected chi connectivity index (χ2v) is 6.38. The Labute approximate surface area is 147 Å². The molecule has 0 fully saturated rings. The first kappa shape index (κ1) is 17.4. The average molecular weight is 343 g/mol. The molecule has 0 saturated carbocycles. The number of rotatable bonds is 6. The van der Waals surface area contributed by atoms with Gasteiger partial charge in [0.05, 0.1) is 12.1 Å². The van der Waals surface area contributed by atoms with Gasteiger partial charge in [-0.2, -0.15) is 5.10 Å². The van der Waals surface area contributed by atoms with Crippen molar-refractivity contribution < 1.29 is 9.90 Å². The predicted molar refractivity (Wildman–Crippen MR) is 93.9 cm³/mol. The fourth-order valence-corrected chi connectivity index (χ4v) is 3.27. The third-order valence-electron chi connectivity index (χ3n) is 4.44. The number of hydrogen-bond acceptors (Lipinski definition) is 4. The second-order valence-electron chi connectivity index (χ2n) is 6.38. The molecule has 1 aliphatic heterocycles. The molecule has 0 aliphatic carbocycles. The van der Waals surface area contributed by atoms with Crippen LogP contribution in [0.2, 0.25) is 0 Å². The summed E-state index contributed by atoms with van der Waals surface area (Å²) in [6, 6.07) is 9.36. The monoisotopic (exact) mass is 343 g/mol. The molecular formula is C18H25N5O2. The van der Waals surface area contributed by atoms with Crippen molar-refractivity contribution in [2.75, 3.05) is 6.61 Å². The number of aliphatic hydroxyl groups excluding tert-OH is 1. The lowest BCUT2D eigenvalue weighted by Crippen LogP contribution is -2.41. The van der Waals surface area contributed by atoms with Gasteiger partial charge in [-0.3, -0.25) is 0 Å². The van der Waals surface area contributed by atoms with Crippen LogP contribution in [0, 0.1) is 6.92 Å². The Balaban J connectivity index is 1.66. The van der Waals surface area contributed by atoms with Crippen LogP contribution in [0.1, 0.15) is 55.0 Å². The van der Waals surface area contributed by atoms with Crippen LogP contribution in [0.15, 0.2) is 30.3 Å². The minimum Gasteiger partial charge on any atom is -0.396 e. The van der Waals surface area contributed by atoms with Gasteiger partial charge >= 0.3 is 6.03 Å². The number of carbonyl (C=O) groups excluding carboxylic acids is 1. The molecule has 3 rings (SSSR count). The number of urea groups is 1. The van der Waals surface area contributed by atoms with Gasteiger partial charge in [-0.05, 0) is 38.2 Å². The highest BCUT2D eigenvalue weighted by Gasteiger charge is 2.25. The number of carbonyl (C=O) groups is 1. The Kier molecular flexibility index (Phi) is 5.65. The largest absolute Gasteiger partial charge is 0.396 e. The molecule has 0 saturated heterocycles. The maximum absolute atomic E-state index is 12.5. The van der Waals surface area contributed by atoms with E-state index in [1.54, 1.807) is 0 Å². The summed E-state index contributed by atoms with van der Waals surface area (Å²) in [6.07, 6.45) is 3.15. The van der Waals surface area contributed by atoms with Crippen LogP contribution in [-0.2, 0) is 6.54 Å². The fraction of sp³-hybridized carbons (Fsp3) is 0.500. The van der Waals surface area contributed by atoms with Crippen LogP contribution in [0.3, 0.4) is 0 Å². The Morgan fingerprint density at radius 3 is 2.96 bits per heavy atom. The first-order valence-corrected chi connectivity index (χ1v) is 8.81. The van der Waals surface area contributed by atoms with Crippen molar-refractivity contribution in [1.29, 1.82) is 0 Å². The number of amides is 2. The third-order valence-corrected chi connectivity index (χ3v) is 4.44. The Hall–Kier alpha value is -2.41. The third kappa shape index (κ3) is 4.36. The molecule has 2 unspecified atom stereocenters. The maximum atomic E-state index is 12.5. The molecule has 25 heavy (non-hydrogen) atoms. The molecule has 1 aromatic heterocycles. The van der Waals surface area contributed by atoms with E-state index < -0.39 is 0 Å². The molecule has 2 heterocycles. The number of fused-ring (bicyclic) bond motifs is 1. The number of nitrogens with zero attached hydrogens (tertiary/aromatic N) is 3. The van der Waals surface area contributed by atoms with Gasteiger partial charge in [-0.25, -0.2) is 14.5 Å². The SMILES string of the molecule is Cc1nc2n(n1)CCCC2NC(=O)NC(CCCO)c1ccccc1. The molecule has 7 heteroatoms. The topological polar surface area (TPSA) is 92.1 Å². The second kappa shape index (κ2) is 8.11. The van der Waals surface area contributed by atoms with Gasteiger partial charge in [0.1, 0.15) is 11.6 Å². The molecule has 1 aliphatic rings. The van der Waals surface area contributed by atoms with Crippen LogP contribution in [-0.4, -0.2) is 32.5 Å². The molecule has 0 bridgehead atoms. The normalized spacial score (nSPS) is 17.6. The van der Waals surface area contributed by atoms with Crippen molar-refractivity contribution in [1.82, 2.24) is 25.4 Å². The van der Waals surface area contributed by atoms with E-state index in [4.69, 9.17) is 5.11 Å². The van der Waals surface area contributed by atoms with E-state index in [0.717, 1.165) is 36.6 Å². The zero-order valence-corrected chi connectivity index (χ0v) is 14.5. The van der Waals surface area contributed by atoms with Crippen molar-refractivity contribution >= 4 is 6.03 Å². The van der Waals surface area contributed by atoms with Crippen LogP contribution in [0.4, 0.5) is 4.79 Å². The number of nitrogens with one attached hydrogen (secondary N) is 2. The minimum atomic E-state index is -0.217. The number of hydrogen-bond donors (Lipinski definition) is 3. The quantitative estimate of drug-likeness (QED) is 0.750. The maximum Gasteiger partial charge on any atom is 0.315 e. The number of benzene rings is 1. The summed E-state index contributed by atoms with van der Waals surface area (Å²) < 4.78 is 1.88. The molecule has 2 aromatic rings.